The van der Waals surface area contributed by atoms with Crippen molar-refractivity contribution in [1.82, 2.24) is 0 Å². The summed E-state index contributed by atoms with van der Waals surface area (Å²) in [5.41, 5.74) is 47.4. The summed E-state index contributed by atoms with van der Waals surface area (Å²) in [5.74, 6) is 1.87. The van der Waals surface area contributed by atoms with E-state index < -0.39 is 6.10 Å². The van der Waals surface area contributed by atoms with Gasteiger partial charge in [-0.05, 0) is 176 Å². The van der Waals surface area contributed by atoms with Crippen molar-refractivity contribution in [3.8, 4) is 17.2 Å². The molecule has 0 radical (unpaired) electrons. The van der Waals surface area contributed by atoms with E-state index in [1.54, 1.807) is 62.0 Å². The molecule has 0 aliphatic carbocycles. The molecule has 2 atom stereocenters. The van der Waals surface area contributed by atoms with Gasteiger partial charge in [0.15, 0.2) is 0 Å². The summed E-state index contributed by atoms with van der Waals surface area (Å²) in [6.07, 6.45) is 6.06. The van der Waals surface area contributed by atoms with Crippen LogP contribution in [-0.2, 0) is 17.6 Å². The largest absolute Gasteiger partial charge is 0.508 e. The van der Waals surface area contributed by atoms with Crippen molar-refractivity contribution in [2.45, 2.75) is 162 Å². The van der Waals surface area contributed by atoms with Crippen LogP contribution in [0.15, 0.2) is 224 Å². The van der Waals surface area contributed by atoms with Crippen LogP contribution in [-0.4, -0.2) is 157 Å². The Balaban J connectivity index is -0.0000000920. The Morgan fingerprint density at radius 1 is 0.407 bits per heavy atom. The maximum atomic E-state index is 9.11. The molecule has 0 aliphatic rings. The lowest BCUT2D eigenvalue weighted by Gasteiger charge is -2.05. The van der Waals surface area contributed by atoms with Gasteiger partial charge in [0.2, 0.25) is 0 Å². The number of thioether (sulfide) groups is 1. The minimum atomic E-state index is -0.403. The van der Waals surface area contributed by atoms with Gasteiger partial charge in [-0.1, -0.05) is 267 Å². The van der Waals surface area contributed by atoms with Gasteiger partial charge in [0.05, 0.1) is 13.2 Å². The smallest absolute Gasteiger partial charge is 0.119 e. The Morgan fingerprint density at radius 3 is 0.954 bits per heavy atom. The molecule has 0 heterocycles. The summed E-state index contributed by atoms with van der Waals surface area (Å²) >= 11 is 1.78. The number of aromatic hydroxyl groups is 3. The average molecular weight is 1530 g/mol. The van der Waals surface area contributed by atoms with Gasteiger partial charge in [-0.25, -0.2) is 0 Å². The lowest BCUT2D eigenvalue weighted by atomic mass is 10.1. The van der Waals surface area contributed by atoms with E-state index in [0.717, 1.165) is 85.0 Å². The fourth-order valence-corrected chi connectivity index (χ4v) is 6.91. The lowest BCUT2D eigenvalue weighted by Crippen LogP contribution is -2.19. The van der Waals surface area contributed by atoms with Crippen LogP contribution in [0.25, 0.3) is 10.8 Å². The van der Waals surface area contributed by atoms with E-state index in [0.29, 0.717) is 22.9 Å². The second-order valence-corrected chi connectivity index (χ2v) is 21.8. The second-order valence-electron chi connectivity index (χ2n) is 20.8. The van der Waals surface area contributed by atoms with Crippen molar-refractivity contribution in [2.75, 3.05) is 99.5 Å². The van der Waals surface area contributed by atoms with Crippen molar-refractivity contribution in [3.05, 3.63) is 269 Å². The van der Waals surface area contributed by atoms with Crippen LogP contribution < -0.4 is 40.1 Å². The molecule has 0 saturated carbocycles. The third kappa shape index (κ3) is 98.1. The fraction of sp³-hybridized carbons (Fsp3) is 0.416. The summed E-state index contributed by atoms with van der Waals surface area (Å²) in [6.45, 7) is 35.4. The Hall–Kier alpha value is -7.93. The van der Waals surface area contributed by atoms with E-state index in [4.69, 9.17) is 85.5 Å². The Labute approximate surface area is 662 Å². The topological polar surface area (TPSA) is 394 Å². The number of hydrogen-bond donors (Lipinski definition) is 17. The number of methoxy groups -OCH3 is 1. The minimum Gasteiger partial charge on any atom is -0.508 e. The first kappa shape index (κ1) is 127. The summed E-state index contributed by atoms with van der Waals surface area (Å²) < 4.78 is 4.55. The normalized spacial score (nSPS) is 8.83. The third-order valence-electron chi connectivity index (χ3n) is 11.7. The molecular formula is C89H157N7O11S. The van der Waals surface area contributed by atoms with Crippen LogP contribution in [0.1, 0.15) is 134 Å². The lowest BCUT2D eigenvalue weighted by molar-refractivity contribution is 0.00933. The van der Waals surface area contributed by atoms with Crippen molar-refractivity contribution in [1.29, 1.82) is 0 Å². The standard InChI is InChI=1S/C11H10.C10H15N.C8H11N.C8H10O2.2C7H8.C6H7N.C6H6O.C5H13N.C4H10O3.C3H9NS.C2H7N.3C2H6.CH5N.5CH4O/c1-9-6-7-10-4-2-3-5-11(10)8-9;1-8-3-5-10(6-4-8)7-9(2)11;1-2-7-3-5-8(9)6-4-7;1-5-3-8(10)6(2)4-7(5)9;2*1-7-5-3-2-4-6-7;2*7-6-4-2-1-3-5-6;1-3-4-5(2)6;1-7-4(2-5)3-6;1-5-3-2-4;1-2-3;9*1-2/h2-8H,1H3;3-6,9H,7,11H2,1-2H3;3-6H,2,9H2,1H3;3-4,9-10H,1-2H3;2*2-6H,1H3;1-5H,7H2;1-5,7H;5H,3-4,6H2,1-2H3;4-6H,2-3H2,1H3;2-4H2,1H3;2-3H2,1H3;3*1-2H3;2H2,1H3;5*2H,1H3. The second kappa shape index (κ2) is 108. The monoisotopic (exact) mass is 1530 g/mol. The number of benzene rings is 9. The highest BCUT2D eigenvalue weighted by molar-refractivity contribution is 7.98. The number of aryl methyl sites for hydroxylation is 7. The van der Waals surface area contributed by atoms with E-state index in [2.05, 4.69) is 155 Å². The van der Waals surface area contributed by atoms with Gasteiger partial charge in [-0.2, -0.15) is 11.8 Å². The van der Waals surface area contributed by atoms with Gasteiger partial charge >= 0.3 is 0 Å². The number of nitrogens with two attached hydrogens (primary N) is 7. The van der Waals surface area contributed by atoms with Gasteiger partial charge in [0.25, 0.3) is 0 Å². The quantitative estimate of drug-likeness (QED) is 0.0447. The van der Waals surface area contributed by atoms with Crippen molar-refractivity contribution in [3.63, 3.8) is 0 Å². The first-order chi connectivity index (χ1) is 52.0. The van der Waals surface area contributed by atoms with E-state index in [-0.39, 0.29) is 30.8 Å². The molecule has 0 saturated heterocycles. The van der Waals surface area contributed by atoms with Gasteiger partial charge in [0, 0.05) is 78.4 Å². The number of ether oxygens (including phenoxy) is 1. The molecule has 0 spiro atoms. The predicted molar refractivity (Wildman–Crippen MR) is 479 cm³/mol. The van der Waals surface area contributed by atoms with Crippen LogP contribution in [0, 0.1) is 41.5 Å². The van der Waals surface area contributed by atoms with Crippen LogP contribution in [0.4, 0.5) is 11.4 Å². The van der Waals surface area contributed by atoms with Crippen LogP contribution in [0.2, 0.25) is 0 Å². The minimum absolute atomic E-state index is 0.118. The number of para-hydroxylation sites is 2. The number of aliphatic hydroxyl groups excluding tert-OH is 7. The van der Waals surface area contributed by atoms with E-state index >= 15 is 0 Å². The number of phenols is 3. The number of fused-ring (bicyclic) bond motifs is 1. The first-order valence-electron chi connectivity index (χ1n) is 36.4. The summed E-state index contributed by atoms with van der Waals surface area (Å²) in [7, 11) is 7.94. The van der Waals surface area contributed by atoms with Gasteiger partial charge in [0.1, 0.15) is 23.4 Å². The van der Waals surface area contributed by atoms with Gasteiger partial charge < -0.3 is 95.9 Å². The highest BCUT2D eigenvalue weighted by Gasteiger charge is 2.01. The number of hydrogen-bond acceptors (Lipinski definition) is 19. The maximum Gasteiger partial charge on any atom is 0.119 e. The zero-order valence-corrected chi connectivity index (χ0v) is 72.1. The molecule has 0 bridgehead atoms. The number of nitrogen functional groups attached to an aromatic ring is 2. The van der Waals surface area contributed by atoms with E-state index in [1.807, 2.05) is 153 Å². The molecular weight excluding hydrogens is 1380 g/mol. The first-order valence-corrected chi connectivity index (χ1v) is 37.8. The van der Waals surface area contributed by atoms with Crippen LogP contribution >= 0.6 is 11.8 Å². The van der Waals surface area contributed by atoms with Gasteiger partial charge in [-0.15, -0.1) is 0 Å². The zero-order chi connectivity index (χ0) is 86.3. The molecule has 9 aromatic rings. The SMILES string of the molecule is CC.CC.CC.CCCC(C)N.CCN.CCc1ccc(N)cc1.CN.CO.CO.CO.CO.CO.COC(CO)CO.CSCCN.Cc1cc(O)c(C)cc1O.Cc1ccc(CC(C)N)cc1.Cc1ccc2ccccc2c1.Cc1ccccc1.Cc1ccccc1.Nc1ccccc1.Oc1ccccc1. The molecule has 9 rings (SSSR count). The zero-order valence-electron chi connectivity index (χ0n) is 71.3. The Bertz CT molecular complexity index is 2790. The summed E-state index contributed by atoms with van der Waals surface area (Å²) in [5, 5.41) is 81.0. The van der Waals surface area contributed by atoms with Crippen LogP contribution in [0.5, 0.6) is 17.2 Å². The molecule has 0 aliphatic heterocycles. The van der Waals surface area contributed by atoms with Crippen molar-refractivity contribution in [2.24, 2.45) is 28.7 Å². The molecule has 2 unspecified atom stereocenters. The number of aliphatic hydroxyl groups is 7. The molecule has 0 aromatic heterocycles. The molecule has 620 valence electrons. The van der Waals surface area contributed by atoms with E-state index in [9.17, 15) is 0 Å². The molecule has 24 N–H and O–H groups in total. The van der Waals surface area contributed by atoms with Crippen molar-refractivity contribution < 1.29 is 55.8 Å². The molecule has 0 amide bonds. The number of rotatable bonds is 10. The average Bonchev–Trinajstić information content (AvgIpc) is 0.857. The summed E-state index contributed by atoms with van der Waals surface area (Å²) in [6, 6.07) is 73.9. The Kier molecular flexibility index (Phi) is 126. The summed E-state index contributed by atoms with van der Waals surface area (Å²) in [4.78, 5) is 0. The molecule has 18 nitrogen and oxygen atoms in total. The molecule has 9 aromatic carbocycles. The molecule has 108 heavy (non-hydrogen) atoms. The third-order valence-corrected chi connectivity index (χ3v) is 12.4. The van der Waals surface area contributed by atoms with Gasteiger partial charge in [-0.3, -0.25) is 0 Å². The molecule has 19 heteroatoms. The number of phenolic OH excluding ortho intramolecular Hbond substituents is 3. The predicted octanol–water partition coefficient (Wildman–Crippen LogP) is 16.3. The Morgan fingerprint density at radius 2 is 0.722 bits per heavy atom. The molecule has 0 fully saturated rings. The van der Waals surface area contributed by atoms with E-state index in [1.165, 1.54) is 64.7 Å². The highest BCUT2D eigenvalue weighted by atomic mass is 32.2. The highest BCUT2D eigenvalue weighted by Crippen LogP contribution is 2.25. The number of anilines is 2. The fourth-order valence-electron chi connectivity index (χ4n) is 6.67. The van der Waals surface area contributed by atoms with Crippen LogP contribution in [0.3, 0.4) is 0 Å². The van der Waals surface area contributed by atoms with Crippen molar-refractivity contribution >= 4 is 33.9 Å². The maximum absolute atomic E-state index is 9.11.